The number of hydrogen-bond donors (Lipinski definition) is 2. The molecule has 0 aliphatic carbocycles. The van der Waals surface area contributed by atoms with Gasteiger partial charge in [0.2, 0.25) is 5.91 Å². The standard InChI is InChI=1S/C19H22N2O3/c1-3-15(16-8-6-14(2)7-9-16)13-18(22)20-10-11-21-19(23)17-5-4-12-24-17/h4-9,12-13H,3,10-11H2,1-2H3,(H,20,22)(H,21,23)/b15-13-. The van der Waals surface area contributed by atoms with Gasteiger partial charge in [-0.05, 0) is 36.6 Å². The van der Waals surface area contributed by atoms with Crippen molar-refractivity contribution in [3.63, 3.8) is 0 Å². The SMILES string of the molecule is CC/C(=C/C(=O)NCCNC(=O)c1ccco1)c1ccc(C)cc1. The lowest BCUT2D eigenvalue weighted by molar-refractivity contribution is -0.116. The molecule has 2 N–H and O–H groups in total. The van der Waals surface area contributed by atoms with Crippen LogP contribution in [0.15, 0.2) is 53.2 Å². The normalized spacial score (nSPS) is 11.2. The number of aryl methyl sites for hydroxylation is 1. The number of hydrogen-bond acceptors (Lipinski definition) is 3. The number of amides is 2. The number of nitrogens with one attached hydrogen (secondary N) is 2. The molecule has 1 aromatic carbocycles. The molecule has 5 heteroatoms. The maximum Gasteiger partial charge on any atom is 0.287 e. The zero-order chi connectivity index (χ0) is 17.4. The number of carbonyl (C=O) groups excluding carboxylic acids is 2. The lowest BCUT2D eigenvalue weighted by Crippen LogP contribution is -2.33. The first-order valence-electron chi connectivity index (χ1n) is 7.97. The summed E-state index contributed by atoms with van der Waals surface area (Å²) in [5.74, 6) is -0.202. The van der Waals surface area contributed by atoms with Gasteiger partial charge in [-0.3, -0.25) is 9.59 Å². The summed E-state index contributed by atoms with van der Waals surface area (Å²) in [5.41, 5.74) is 3.21. The lowest BCUT2D eigenvalue weighted by atomic mass is 10.0. The monoisotopic (exact) mass is 326 g/mol. The molecular formula is C19H22N2O3. The summed E-state index contributed by atoms with van der Waals surface area (Å²) in [7, 11) is 0. The zero-order valence-corrected chi connectivity index (χ0v) is 14.0. The van der Waals surface area contributed by atoms with E-state index in [0.717, 1.165) is 17.6 Å². The topological polar surface area (TPSA) is 71.3 Å². The maximum absolute atomic E-state index is 12.0. The molecule has 1 heterocycles. The van der Waals surface area contributed by atoms with Crippen molar-refractivity contribution in [2.24, 2.45) is 0 Å². The van der Waals surface area contributed by atoms with E-state index in [1.807, 2.05) is 38.1 Å². The zero-order valence-electron chi connectivity index (χ0n) is 14.0. The minimum Gasteiger partial charge on any atom is -0.459 e. The summed E-state index contributed by atoms with van der Waals surface area (Å²) in [6, 6.07) is 11.3. The highest BCUT2D eigenvalue weighted by Gasteiger charge is 2.07. The molecule has 2 amide bonds. The van der Waals surface area contributed by atoms with Crippen LogP contribution in [0.1, 0.15) is 35.0 Å². The van der Waals surface area contributed by atoms with Crippen molar-refractivity contribution in [3.05, 3.63) is 65.6 Å². The molecule has 0 saturated heterocycles. The molecule has 0 radical (unpaired) electrons. The fourth-order valence-corrected chi connectivity index (χ4v) is 2.22. The van der Waals surface area contributed by atoms with Gasteiger partial charge in [-0.25, -0.2) is 0 Å². The molecule has 0 aliphatic heterocycles. The van der Waals surface area contributed by atoms with Crippen LogP contribution in [0.4, 0.5) is 0 Å². The van der Waals surface area contributed by atoms with E-state index in [4.69, 9.17) is 4.42 Å². The Labute approximate surface area is 141 Å². The van der Waals surface area contributed by atoms with Crippen LogP contribution >= 0.6 is 0 Å². The number of allylic oxidation sites excluding steroid dienone is 1. The predicted octanol–water partition coefficient (Wildman–Crippen LogP) is 2.93. The second-order valence-electron chi connectivity index (χ2n) is 5.41. The van der Waals surface area contributed by atoms with Crippen molar-refractivity contribution in [2.45, 2.75) is 20.3 Å². The van der Waals surface area contributed by atoms with E-state index in [1.165, 1.54) is 11.8 Å². The summed E-state index contributed by atoms with van der Waals surface area (Å²) in [6.07, 6.45) is 3.82. The first kappa shape index (κ1) is 17.5. The summed E-state index contributed by atoms with van der Waals surface area (Å²) in [4.78, 5) is 23.7. The molecule has 1 aromatic heterocycles. The van der Waals surface area contributed by atoms with E-state index in [2.05, 4.69) is 10.6 Å². The van der Waals surface area contributed by atoms with Crippen LogP contribution < -0.4 is 10.6 Å². The van der Waals surface area contributed by atoms with Gasteiger partial charge in [0, 0.05) is 19.2 Å². The van der Waals surface area contributed by atoms with E-state index in [1.54, 1.807) is 18.2 Å². The molecule has 2 aromatic rings. The van der Waals surface area contributed by atoms with Gasteiger partial charge in [-0.2, -0.15) is 0 Å². The molecule has 0 aliphatic rings. The van der Waals surface area contributed by atoms with Gasteiger partial charge < -0.3 is 15.1 Å². The molecule has 0 fully saturated rings. The maximum atomic E-state index is 12.0. The average molecular weight is 326 g/mol. The summed E-state index contributed by atoms with van der Waals surface area (Å²) >= 11 is 0. The molecule has 0 unspecified atom stereocenters. The van der Waals surface area contributed by atoms with E-state index >= 15 is 0 Å². The third-order valence-electron chi connectivity index (χ3n) is 3.56. The van der Waals surface area contributed by atoms with Gasteiger partial charge in [0.1, 0.15) is 0 Å². The van der Waals surface area contributed by atoms with Crippen molar-refractivity contribution in [2.75, 3.05) is 13.1 Å². The van der Waals surface area contributed by atoms with Crippen LogP contribution in [0.2, 0.25) is 0 Å². The highest BCUT2D eigenvalue weighted by molar-refractivity contribution is 5.95. The largest absolute Gasteiger partial charge is 0.459 e. The van der Waals surface area contributed by atoms with Crippen LogP contribution in [-0.4, -0.2) is 24.9 Å². The number of benzene rings is 1. The van der Waals surface area contributed by atoms with Crippen molar-refractivity contribution >= 4 is 17.4 Å². The predicted molar refractivity (Wildman–Crippen MR) is 93.5 cm³/mol. The quantitative estimate of drug-likeness (QED) is 0.607. The number of furan rings is 1. The van der Waals surface area contributed by atoms with Gasteiger partial charge in [-0.15, -0.1) is 0 Å². The van der Waals surface area contributed by atoms with Crippen molar-refractivity contribution in [1.29, 1.82) is 0 Å². The molecule has 2 rings (SSSR count). The Kier molecular flexibility index (Phi) is 6.37. The highest BCUT2D eigenvalue weighted by Crippen LogP contribution is 2.18. The molecule has 0 atom stereocenters. The molecule has 126 valence electrons. The van der Waals surface area contributed by atoms with Gasteiger partial charge in [0.05, 0.1) is 6.26 Å². The van der Waals surface area contributed by atoms with Crippen LogP contribution in [0.5, 0.6) is 0 Å². The van der Waals surface area contributed by atoms with Crippen LogP contribution in [0.25, 0.3) is 5.57 Å². The Morgan fingerprint density at radius 2 is 1.79 bits per heavy atom. The fourth-order valence-electron chi connectivity index (χ4n) is 2.22. The summed E-state index contributed by atoms with van der Waals surface area (Å²) < 4.78 is 4.99. The van der Waals surface area contributed by atoms with Crippen LogP contribution in [0, 0.1) is 6.92 Å². The Hall–Kier alpha value is -2.82. The van der Waals surface area contributed by atoms with E-state index in [9.17, 15) is 9.59 Å². The Balaban J connectivity index is 1.80. The fraction of sp³-hybridized carbons (Fsp3) is 0.263. The second kappa shape index (κ2) is 8.72. The molecule has 24 heavy (non-hydrogen) atoms. The smallest absolute Gasteiger partial charge is 0.287 e. The van der Waals surface area contributed by atoms with Crippen molar-refractivity contribution in [3.8, 4) is 0 Å². The average Bonchev–Trinajstić information content (AvgIpc) is 3.12. The van der Waals surface area contributed by atoms with Crippen molar-refractivity contribution in [1.82, 2.24) is 10.6 Å². The van der Waals surface area contributed by atoms with Gasteiger partial charge in [-0.1, -0.05) is 36.8 Å². The van der Waals surface area contributed by atoms with Gasteiger partial charge in [0.25, 0.3) is 5.91 Å². The Bertz CT molecular complexity index is 701. The molecule has 0 spiro atoms. The van der Waals surface area contributed by atoms with Gasteiger partial charge in [0.15, 0.2) is 5.76 Å². The van der Waals surface area contributed by atoms with Crippen LogP contribution in [0.3, 0.4) is 0 Å². The second-order valence-corrected chi connectivity index (χ2v) is 5.41. The summed E-state index contributed by atoms with van der Waals surface area (Å²) in [6.45, 7) is 4.74. The minimum atomic E-state index is -0.293. The van der Waals surface area contributed by atoms with E-state index < -0.39 is 0 Å². The Morgan fingerprint density at radius 1 is 1.08 bits per heavy atom. The van der Waals surface area contributed by atoms with Crippen LogP contribution in [-0.2, 0) is 4.79 Å². The van der Waals surface area contributed by atoms with Gasteiger partial charge >= 0.3 is 0 Å². The third-order valence-corrected chi connectivity index (χ3v) is 3.56. The molecule has 5 nitrogen and oxygen atoms in total. The van der Waals surface area contributed by atoms with E-state index in [0.29, 0.717) is 13.1 Å². The number of carbonyl (C=O) groups is 2. The first-order valence-corrected chi connectivity index (χ1v) is 7.97. The minimum absolute atomic E-state index is 0.167. The number of rotatable bonds is 7. The lowest BCUT2D eigenvalue weighted by Gasteiger charge is -2.07. The summed E-state index contributed by atoms with van der Waals surface area (Å²) in [5, 5.41) is 5.45. The van der Waals surface area contributed by atoms with E-state index in [-0.39, 0.29) is 17.6 Å². The molecule has 0 bridgehead atoms. The molecular weight excluding hydrogens is 304 g/mol. The first-order chi connectivity index (χ1) is 11.6. The third kappa shape index (κ3) is 5.12. The van der Waals surface area contributed by atoms with Crippen molar-refractivity contribution < 1.29 is 14.0 Å². The Morgan fingerprint density at radius 3 is 2.42 bits per heavy atom. The highest BCUT2D eigenvalue weighted by atomic mass is 16.3. The molecule has 0 saturated carbocycles.